The topological polar surface area (TPSA) is 33.6 Å². The molecule has 5 heteroatoms. The second-order valence-electron chi connectivity index (χ2n) is 2.89. The molecule has 72 valence electrons. The Morgan fingerprint density at radius 2 is 2.14 bits per heavy atom. The molecule has 1 aromatic heterocycles. The molecule has 0 unspecified atom stereocenters. The minimum absolute atomic E-state index is 0.639. The first-order valence-electron chi connectivity index (χ1n) is 4.06. The van der Waals surface area contributed by atoms with Crippen molar-refractivity contribution in [2.24, 2.45) is 7.05 Å². The Hall–Kier alpha value is -0.690. The van der Waals surface area contributed by atoms with Gasteiger partial charge in [0.1, 0.15) is 0 Å². The van der Waals surface area contributed by atoms with Gasteiger partial charge in [0.15, 0.2) is 10.6 Å². The zero-order chi connectivity index (χ0) is 10.1. The predicted molar refractivity (Wildman–Crippen MR) is 66.5 cm³/mol. The molecule has 0 amide bonds. The number of nitrogens with one attached hydrogen (secondary N) is 1. The highest BCUT2D eigenvalue weighted by Crippen LogP contribution is 2.22. The summed E-state index contributed by atoms with van der Waals surface area (Å²) in [4.78, 5) is 0. The third-order valence-electron chi connectivity index (χ3n) is 1.99. The van der Waals surface area contributed by atoms with Gasteiger partial charge in [0.2, 0.25) is 0 Å². The average Bonchev–Trinajstić information content (AvgIpc) is 2.49. The number of halogens is 1. The van der Waals surface area contributed by atoms with Gasteiger partial charge >= 0.3 is 0 Å². The molecule has 0 radical (unpaired) electrons. The highest BCUT2D eigenvalue weighted by atomic mass is 127. The third kappa shape index (κ3) is 1.61. The first kappa shape index (κ1) is 9.85. The number of H-pyrrole nitrogens is 1. The van der Waals surface area contributed by atoms with Crippen LogP contribution in [0, 0.1) is 8.34 Å². The monoisotopic (exact) mass is 317 g/mol. The van der Waals surface area contributed by atoms with Gasteiger partial charge in [-0.1, -0.05) is 18.2 Å². The van der Waals surface area contributed by atoms with Crippen LogP contribution in [0.4, 0.5) is 0 Å². The Labute approximate surface area is 100 Å². The second kappa shape index (κ2) is 3.82. The van der Waals surface area contributed by atoms with Crippen LogP contribution in [0.3, 0.4) is 0 Å². The van der Waals surface area contributed by atoms with Gasteiger partial charge in [-0.3, -0.25) is 5.10 Å². The summed E-state index contributed by atoms with van der Waals surface area (Å²) in [6.07, 6.45) is 0. The van der Waals surface area contributed by atoms with E-state index < -0.39 is 0 Å². The van der Waals surface area contributed by atoms with E-state index in [1.54, 1.807) is 0 Å². The maximum atomic E-state index is 5.06. The van der Waals surface area contributed by atoms with Crippen LogP contribution in [0.1, 0.15) is 0 Å². The Morgan fingerprint density at radius 3 is 2.71 bits per heavy atom. The lowest BCUT2D eigenvalue weighted by Gasteiger charge is -2.02. The van der Waals surface area contributed by atoms with Crippen LogP contribution in [0.25, 0.3) is 11.4 Å². The van der Waals surface area contributed by atoms with E-state index in [-0.39, 0.29) is 0 Å². The van der Waals surface area contributed by atoms with Crippen molar-refractivity contribution in [3.63, 3.8) is 0 Å². The molecule has 0 aliphatic heterocycles. The van der Waals surface area contributed by atoms with E-state index in [4.69, 9.17) is 12.2 Å². The van der Waals surface area contributed by atoms with Crippen molar-refractivity contribution in [3.05, 3.63) is 32.6 Å². The van der Waals surface area contributed by atoms with Crippen molar-refractivity contribution in [1.29, 1.82) is 0 Å². The number of rotatable bonds is 1. The molecule has 1 heterocycles. The van der Waals surface area contributed by atoms with E-state index in [0.29, 0.717) is 4.77 Å². The van der Waals surface area contributed by atoms with Gasteiger partial charge < -0.3 is 4.57 Å². The molecule has 0 spiro atoms. The maximum Gasteiger partial charge on any atom is 0.195 e. The molecule has 1 aromatic carbocycles. The van der Waals surface area contributed by atoms with Crippen LogP contribution < -0.4 is 0 Å². The molecule has 0 saturated carbocycles. The van der Waals surface area contributed by atoms with Gasteiger partial charge in [-0.15, -0.1) is 0 Å². The van der Waals surface area contributed by atoms with E-state index in [1.165, 1.54) is 3.57 Å². The SMILES string of the molecule is Cn1c(-c2ccccc2I)n[nH]c1=S. The Balaban J connectivity index is 2.66. The molecular formula is C9H8IN3S. The molecule has 0 aliphatic rings. The third-order valence-corrected chi connectivity index (χ3v) is 3.30. The van der Waals surface area contributed by atoms with Crippen LogP contribution in [0.15, 0.2) is 24.3 Å². The van der Waals surface area contributed by atoms with E-state index >= 15 is 0 Å². The predicted octanol–water partition coefficient (Wildman–Crippen LogP) is 2.75. The summed E-state index contributed by atoms with van der Waals surface area (Å²) < 4.78 is 3.68. The molecule has 3 nitrogen and oxygen atoms in total. The summed E-state index contributed by atoms with van der Waals surface area (Å²) in [7, 11) is 1.91. The molecule has 2 aromatic rings. The Bertz CT molecular complexity index is 515. The number of hydrogen-bond acceptors (Lipinski definition) is 2. The van der Waals surface area contributed by atoms with Crippen molar-refractivity contribution in [1.82, 2.24) is 14.8 Å². The summed E-state index contributed by atoms with van der Waals surface area (Å²) in [5, 5.41) is 6.96. The molecule has 0 aliphatic carbocycles. The van der Waals surface area contributed by atoms with E-state index in [1.807, 2.05) is 35.9 Å². The second-order valence-corrected chi connectivity index (χ2v) is 4.44. The maximum absolute atomic E-state index is 5.06. The number of benzene rings is 1. The largest absolute Gasteiger partial charge is 0.303 e. The van der Waals surface area contributed by atoms with E-state index in [9.17, 15) is 0 Å². The molecule has 0 saturated heterocycles. The molecule has 0 atom stereocenters. The quantitative estimate of drug-likeness (QED) is 0.648. The summed E-state index contributed by atoms with van der Waals surface area (Å²) in [5.74, 6) is 0.875. The van der Waals surface area contributed by atoms with Crippen LogP contribution in [-0.4, -0.2) is 14.8 Å². The standard InChI is InChI=1S/C9H8IN3S/c1-13-8(11-12-9(13)14)6-4-2-3-5-7(6)10/h2-5H,1H3,(H,12,14). The highest BCUT2D eigenvalue weighted by molar-refractivity contribution is 14.1. The van der Waals surface area contributed by atoms with Gasteiger partial charge in [0, 0.05) is 16.2 Å². The first-order valence-corrected chi connectivity index (χ1v) is 5.55. The van der Waals surface area contributed by atoms with Crippen molar-refractivity contribution in [2.75, 3.05) is 0 Å². The minimum atomic E-state index is 0.639. The van der Waals surface area contributed by atoms with Gasteiger partial charge in [-0.2, -0.15) is 5.10 Å². The summed E-state index contributed by atoms with van der Waals surface area (Å²) >= 11 is 7.35. The summed E-state index contributed by atoms with van der Waals surface area (Å²) in [6, 6.07) is 8.09. The lowest BCUT2D eigenvalue weighted by Crippen LogP contribution is -1.94. The van der Waals surface area contributed by atoms with Gasteiger partial charge in [-0.05, 0) is 40.9 Å². The van der Waals surface area contributed by atoms with Crippen molar-refractivity contribution >= 4 is 34.8 Å². The summed E-state index contributed by atoms with van der Waals surface area (Å²) in [5.41, 5.74) is 1.10. The molecular weight excluding hydrogens is 309 g/mol. The molecule has 1 N–H and O–H groups in total. The first-order chi connectivity index (χ1) is 6.70. The van der Waals surface area contributed by atoms with E-state index in [0.717, 1.165) is 11.4 Å². The van der Waals surface area contributed by atoms with Crippen LogP contribution in [0.5, 0.6) is 0 Å². The average molecular weight is 317 g/mol. The molecule has 2 rings (SSSR count). The minimum Gasteiger partial charge on any atom is -0.303 e. The zero-order valence-electron chi connectivity index (χ0n) is 7.49. The summed E-state index contributed by atoms with van der Waals surface area (Å²) in [6.45, 7) is 0. The fourth-order valence-electron chi connectivity index (χ4n) is 1.23. The molecule has 14 heavy (non-hydrogen) atoms. The number of nitrogens with zero attached hydrogens (tertiary/aromatic N) is 2. The van der Waals surface area contributed by atoms with Gasteiger partial charge in [-0.25, -0.2) is 0 Å². The number of aromatic nitrogens is 3. The van der Waals surface area contributed by atoms with Crippen molar-refractivity contribution < 1.29 is 0 Å². The lowest BCUT2D eigenvalue weighted by molar-refractivity contribution is 0.901. The Kier molecular flexibility index (Phi) is 2.69. The fourth-order valence-corrected chi connectivity index (χ4v) is 1.99. The van der Waals surface area contributed by atoms with Crippen LogP contribution >= 0.6 is 34.8 Å². The normalized spacial score (nSPS) is 10.4. The smallest absolute Gasteiger partial charge is 0.195 e. The lowest BCUT2D eigenvalue weighted by atomic mass is 10.2. The highest BCUT2D eigenvalue weighted by Gasteiger charge is 2.07. The van der Waals surface area contributed by atoms with E-state index in [2.05, 4.69) is 32.8 Å². The number of aromatic amines is 1. The van der Waals surface area contributed by atoms with Gasteiger partial charge in [0.25, 0.3) is 0 Å². The van der Waals surface area contributed by atoms with Gasteiger partial charge in [0.05, 0.1) is 0 Å². The zero-order valence-corrected chi connectivity index (χ0v) is 10.5. The molecule has 0 bridgehead atoms. The number of hydrogen-bond donors (Lipinski definition) is 1. The van der Waals surface area contributed by atoms with Crippen LogP contribution in [0.2, 0.25) is 0 Å². The van der Waals surface area contributed by atoms with Crippen LogP contribution in [-0.2, 0) is 7.05 Å². The molecule has 0 fully saturated rings. The Morgan fingerprint density at radius 1 is 1.43 bits per heavy atom. The fraction of sp³-hybridized carbons (Fsp3) is 0.111. The van der Waals surface area contributed by atoms with Crippen molar-refractivity contribution in [2.45, 2.75) is 0 Å². The van der Waals surface area contributed by atoms with Crippen molar-refractivity contribution in [3.8, 4) is 11.4 Å².